The lowest BCUT2D eigenvalue weighted by Crippen LogP contribution is -1.94. The molecule has 0 bridgehead atoms. The monoisotopic (exact) mass is 271 g/mol. The topological polar surface area (TPSA) is 70.4 Å². The van der Waals surface area contributed by atoms with Gasteiger partial charge in [-0.3, -0.25) is 0 Å². The molecule has 0 unspecified atom stereocenters. The van der Waals surface area contributed by atoms with E-state index in [2.05, 4.69) is 4.98 Å². The zero-order valence-electron chi connectivity index (χ0n) is 8.88. The summed E-state index contributed by atoms with van der Waals surface area (Å²) in [7, 11) is 0. The molecule has 1 aromatic carbocycles. The number of phenols is 1. The highest BCUT2D eigenvalue weighted by Gasteiger charge is 2.14. The summed E-state index contributed by atoms with van der Waals surface area (Å²) in [6.45, 7) is 1.67. The van der Waals surface area contributed by atoms with Gasteiger partial charge in [0, 0.05) is 5.56 Å². The van der Waals surface area contributed by atoms with Crippen LogP contribution >= 0.6 is 23.7 Å². The molecular weight excluding hydrogens is 262 g/mol. The van der Waals surface area contributed by atoms with Crippen molar-refractivity contribution in [1.29, 1.82) is 0 Å². The predicted molar refractivity (Wildman–Crippen MR) is 68.2 cm³/mol. The Morgan fingerprint density at radius 3 is 2.35 bits per heavy atom. The molecule has 0 saturated heterocycles. The van der Waals surface area contributed by atoms with E-state index in [0.717, 1.165) is 16.9 Å². The van der Waals surface area contributed by atoms with Gasteiger partial charge in [-0.05, 0) is 31.2 Å². The Labute approximate surface area is 108 Å². The van der Waals surface area contributed by atoms with Crippen molar-refractivity contribution in [2.75, 3.05) is 0 Å². The van der Waals surface area contributed by atoms with Crippen LogP contribution in [0.1, 0.15) is 15.4 Å². The summed E-state index contributed by atoms with van der Waals surface area (Å²) < 4.78 is 0. The van der Waals surface area contributed by atoms with Crippen LogP contribution in [0.15, 0.2) is 24.3 Å². The van der Waals surface area contributed by atoms with E-state index < -0.39 is 5.97 Å². The van der Waals surface area contributed by atoms with E-state index in [1.54, 1.807) is 31.2 Å². The summed E-state index contributed by atoms with van der Waals surface area (Å²) in [4.78, 5) is 15.3. The third kappa shape index (κ3) is 2.75. The molecular formula is C11H10ClNO3S. The molecule has 2 N–H and O–H groups in total. The molecule has 2 rings (SSSR count). The highest BCUT2D eigenvalue weighted by Crippen LogP contribution is 2.28. The van der Waals surface area contributed by atoms with E-state index in [1.165, 1.54) is 0 Å². The van der Waals surface area contributed by atoms with Gasteiger partial charge in [0.15, 0.2) is 0 Å². The molecule has 0 aliphatic carbocycles. The minimum Gasteiger partial charge on any atom is -0.508 e. The van der Waals surface area contributed by atoms with Crippen LogP contribution in [-0.2, 0) is 0 Å². The molecule has 0 saturated carbocycles. The zero-order valence-corrected chi connectivity index (χ0v) is 10.5. The first kappa shape index (κ1) is 13.5. The summed E-state index contributed by atoms with van der Waals surface area (Å²) in [5.74, 6) is -0.782. The number of nitrogens with zero attached hydrogens (tertiary/aromatic N) is 1. The lowest BCUT2D eigenvalue weighted by atomic mass is 10.2. The van der Waals surface area contributed by atoms with Crippen molar-refractivity contribution in [1.82, 2.24) is 4.98 Å². The molecule has 2 aromatic rings. The molecule has 6 heteroatoms. The largest absolute Gasteiger partial charge is 0.508 e. The van der Waals surface area contributed by atoms with Crippen LogP contribution in [0.2, 0.25) is 0 Å². The Morgan fingerprint density at radius 1 is 1.29 bits per heavy atom. The molecule has 1 aromatic heterocycles. The lowest BCUT2D eigenvalue weighted by Gasteiger charge is -1.95. The highest BCUT2D eigenvalue weighted by molar-refractivity contribution is 7.17. The van der Waals surface area contributed by atoms with Crippen LogP contribution in [0.4, 0.5) is 0 Å². The standard InChI is InChI=1S/C11H9NO3S.ClH/c1-6-9(11(14)15)16-10(12-6)7-2-4-8(13)5-3-7;/h2-5,13H,1H3,(H,14,15);1H. The Balaban J connectivity index is 0.00000144. The number of carbonyl (C=O) groups is 1. The molecule has 0 fully saturated rings. The number of aromatic hydroxyl groups is 1. The third-order valence-corrected chi connectivity index (χ3v) is 3.30. The minimum atomic E-state index is -0.958. The fourth-order valence-corrected chi connectivity index (χ4v) is 2.23. The molecule has 0 atom stereocenters. The fourth-order valence-electron chi connectivity index (χ4n) is 1.32. The van der Waals surface area contributed by atoms with Gasteiger partial charge >= 0.3 is 5.97 Å². The van der Waals surface area contributed by atoms with Crippen LogP contribution in [0.5, 0.6) is 5.75 Å². The molecule has 17 heavy (non-hydrogen) atoms. The number of carboxylic acid groups (broad SMARTS) is 1. The highest BCUT2D eigenvalue weighted by atomic mass is 35.5. The van der Waals surface area contributed by atoms with Gasteiger partial charge in [0.2, 0.25) is 0 Å². The number of thiazole rings is 1. The average molecular weight is 272 g/mol. The number of rotatable bonds is 2. The second-order valence-electron chi connectivity index (χ2n) is 3.29. The maximum Gasteiger partial charge on any atom is 0.347 e. The molecule has 0 amide bonds. The lowest BCUT2D eigenvalue weighted by molar-refractivity contribution is 0.0701. The molecule has 90 valence electrons. The van der Waals surface area contributed by atoms with Crippen molar-refractivity contribution < 1.29 is 15.0 Å². The number of hydrogen-bond acceptors (Lipinski definition) is 4. The molecule has 0 radical (unpaired) electrons. The maximum atomic E-state index is 10.9. The number of aromatic carboxylic acids is 1. The Hall–Kier alpha value is -1.59. The van der Waals surface area contributed by atoms with Crippen LogP contribution in [0.25, 0.3) is 10.6 Å². The van der Waals surface area contributed by atoms with Crippen molar-refractivity contribution in [3.8, 4) is 16.3 Å². The van der Waals surface area contributed by atoms with Gasteiger partial charge in [-0.15, -0.1) is 23.7 Å². The Kier molecular flexibility index (Phi) is 4.09. The SMILES string of the molecule is Cc1nc(-c2ccc(O)cc2)sc1C(=O)O.Cl. The van der Waals surface area contributed by atoms with E-state index in [9.17, 15) is 4.79 Å². The van der Waals surface area contributed by atoms with Crippen molar-refractivity contribution in [2.24, 2.45) is 0 Å². The van der Waals surface area contributed by atoms with E-state index in [1.807, 2.05) is 0 Å². The smallest absolute Gasteiger partial charge is 0.347 e. The van der Waals surface area contributed by atoms with Gasteiger partial charge in [0.05, 0.1) is 5.69 Å². The summed E-state index contributed by atoms with van der Waals surface area (Å²) >= 11 is 1.13. The van der Waals surface area contributed by atoms with Crippen LogP contribution in [0.3, 0.4) is 0 Å². The molecule has 1 heterocycles. The van der Waals surface area contributed by atoms with Crippen molar-refractivity contribution in [3.63, 3.8) is 0 Å². The summed E-state index contributed by atoms with van der Waals surface area (Å²) in [6.07, 6.45) is 0. The van der Waals surface area contributed by atoms with E-state index in [-0.39, 0.29) is 23.0 Å². The summed E-state index contributed by atoms with van der Waals surface area (Å²) in [5, 5.41) is 18.7. The first-order valence-electron chi connectivity index (χ1n) is 4.58. The number of halogens is 1. The number of aromatic nitrogens is 1. The van der Waals surface area contributed by atoms with Gasteiger partial charge in [-0.1, -0.05) is 0 Å². The Bertz CT molecular complexity index is 536. The van der Waals surface area contributed by atoms with E-state index in [0.29, 0.717) is 10.7 Å². The number of aryl methyl sites for hydroxylation is 1. The van der Waals surface area contributed by atoms with Crippen LogP contribution in [-0.4, -0.2) is 21.2 Å². The second-order valence-corrected chi connectivity index (χ2v) is 4.28. The van der Waals surface area contributed by atoms with Gasteiger partial charge in [-0.2, -0.15) is 0 Å². The van der Waals surface area contributed by atoms with Crippen molar-refractivity contribution >= 4 is 29.7 Å². The molecule has 0 spiro atoms. The average Bonchev–Trinajstić information content (AvgIpc) is 2.61. The quantitative estimate of drug-likeness (QED) is 0.881. The fraction of sp³-hybridized carbons (Fsp3) is 0.0909. The Morgan fingerprint density at radius 2 is 1.88 bits per heavy atom. The number of phenolic OH excluding ortho intramolecular Hbond substituents is 1. The number of hydrogen-bond donors (Lipinski definition) is 2. The van der Waals surface area contributed by atoms with Gasteiger partial charge < -0.3 is 10.2 Å². The van der Waals surface area contributed by atoms with E-state index in [4.69, 9.17) is 10.2 Å². The first-order valence-corrected chi connectivity index (χ1v) is 5.39. The van der Waals surface area contributed by atoms with Gasteiger partial charge in [-0.25, -0.2) is 9.78 Å². The van der Waals surface area contributed by atoms with Gasteiger partial charge in [0.1, 0.15) is 15.6 Å². The molecule has 4 nitrogen and oxygen atoms in total. The second kappa shape index (κ2) is 5.16. The summed E-state index contributed by atoms with van der Waals surface area (Å²) in [6, 6.07) is 6.51. The van der Waals surface area contributed by atoms with Gasteiger partial charge in [0.25, 0.3) is 0 Å². The van der Waals surface area contributed by atoms with Crippen LogP contribution < -0.4 is 0 Å². The minimum absolute atomic E-state index is 0. The van der Waals surface area contributed by atoms with Crippen molar-refractivity contribution in [3.05, 3.63) is 34.8 Å². The third-order valence-electron chi connectivity index (χ3n) is 2.11. The summed E-state index contributed by atoms with van der Waals surface area (Å²) in [5.41, 5.74) is 1.32. The normalized spacial score (nSPS) is 9.71. The zero-order chi connectivity index (χ0) is 11.7. The predicted octanol–water partition coefficient (Wildman–Crippen LogP) is 2.94. The van der Waals surface area contributed by atoms with Crippen LogP contribution in [0, 0.1) is 6.92 Å². The maximum absolute atomic E-state index is 10.9. The van der Waals surface area contributed by atoms with Crippen molar-refractivity contribution in [2.45, 2.75) is 6.92 Å². The number of carboxylic acids is 1. The molecule has 0 aliphatic heterocycles. The number of benzene rings is 1. The first-order chi connectivity index (χ1) is 7.58. The van der Waals surface area contributed by atoms with E-state index >= 15 is 0 Å². The molecule has 0 aliphatic rings.